The van der Waals surface area contributed by atoms with Crippen LogP contribution in [-0.2, 0) is 6.54 Å². The molecule has 1 heterocycles. The van der Waals surface area contributed by atoms with E-state index >= 15 is 0 Å². The summed E-state index contributed by atoms with van der Waals surface area (Å²) in [6.45, 7) is 0.138. The number of nitrogens with zero attached hydrogens (tertiary/aromatic N) is 4. The molecule has 0 fully saturated rings. The van der Waals surface area contributed by atoms with Gasteiger partial charge in [-0.15, -0.1) is 5.10 Å². The van der Waals surface area contributed by atoms with Crippen LogP contribution in [0.4, 0.5) is 0 Å². The zero-order chi connectivity index (χ0) is 18.5. The third kappa shape index (κ3) is 3.67. The first-order valence-electron chi connectivity index (χ1n) is 7.66. The standard InChI is InChI=1S/C17H16BrN5O3/c1-25-13-7-4-8-14(26-2)16(13)17(24)19-10-15-20-21-22-23(15)12-6-3-5-11(18)9-12/h3-9H,10H2,1-2H3,(H,19,24). The molecule has 0 unspecified atom stereocenters. The van der Waals surface area contributed by atoms with Crippen LogP contribution in [0.5, 0.6) is 11.5 Å². The molecule has 0 atom stereocenters. The second-order valence-corrected chi connectivity index (χ2v) is 6.12. The van der Waals surface area contributed by atoms with Crippen molar-refractivity contribution in [1.29, 1.82) is 0 Å². The van der Waals surface area contributed by atoms with Crippen LogP contribution < -0.4 is 14.8 Å². The average molecular weight is 418 g/mol. The number of hydrogen-bond donors (Lipinski definition) is 1. The molecule has 3 aromatic rings. The molecule has 1 amide bonds. The van der Waals surface area contributed by atoms with Crippen molar-refractivity contribution in [3.8, 4) is 17.2 Å². The molecule has 134 valence electrons. The lowest BCUT2D eigenvalue weighted by Crippen LogP contribution is -2.25. The van der Waals surface area contributed by atoms with Crippen LogP contribution in [0.3, 0.4) is 0 Å². The third-order valence-electron chi connectivity index (χ3n) is 3.65. The van der Waals surface area contributed by atoms with Crippen molar-refractivity contribution in [2.24, 2.45) is 0 Å². The van der Waals surface area contributed by atoms with Crippen LogP contribution in [0.1, 0.15) is 16.2 Å². The minimum absolute atomic E-state index is 0.138. The first-order valence-corrected chi connectivity index (χ1v) is 8.45. The van der Waals surface area contributed by atoms with E-state index in [2.05, 4.69) is 36.8 Å². The van der Waals surface area contributed by atoms with E-state index in [0.717, 1.165) is 10.2 Å². The minimum atomic E-state index is -0.344. The molecule has 0 aliphatic rings. The van der Waals surface area contributed by atoms with E-state index in [0.29, 0.717) is 22.9 Å². The topological polar surface area (TPSA) is 91.2 Å². The zero-order valence-electron chi connectivity index (χ0n) is 14.1. The Bertz CT molecular complexity index is 906. The number of amides is 1. The Kier molecular flexibility index (Phi) is 5.47. The van der Waals surface area contributed by atoms with E-state index in [1.54, 1.807) is 22.9 Å². The molecule has 0 bridgehead atoms. The van der Waals surface area contributed by atoms with Gasteiger partial charge < -0.3 is 14.8 Å². The number of rotatable bonds is 6. The van der Waals surface area contributed by atoms with Crippen LogP contribution in [0.25, 0.3) is 5.69 Å². The van der Waals surface area contributed by atoms with Crippen molar-refractivity contribution < 1.29 is 14.3 Å². The maximum Gasteiger partial charge on any atom is 0.259 e. The van der Waals surface area contributed by atoms with Gasteiger partial charge in [-0.2, -0.15) is 4.68 Å². The van der Waals surface area contributed by atoms with Crippen molar-refractivity contribution in [2.75, 3.05) is 14.2 Å². The smallest absolute Gasteiger partial charge is 0.259 e. The van der Waals surface area contributed by atoms with Gasteiger partial charge in [0.25, 0.3) is 5.91 Å². The van der Waals surface area contributed by atoms with Gasteiger partial charge in [0.2, 0.25) is 0 Å². The zero-order valence-corrected chi connectivity index (χ0v) is 15.7. The van der Waals surface area contributed by atoms with E-state index in [1.807, 2.05) is 24.3 Å². The van der Waals surface area contributed by atoms with Gasteiger partial charge in [0, 0.05) is 4.47 Å². The number of ether oxygens (including phenoxy) is 2. The Hall–Kier alpha value is -2.94. The quantitative estimate of drug-likeness (QED) is 0.661. The summed E-state index contributed by atoms with van der Waals surface area (Å²) in [4.78, 5) is 12.6. The van der Waals surface area contributed by atoms with Gasteiger partial charge in [0.05, 0.1) is 26.5 Å². The lowest BCUT2D eigenvalue weighted by Gasteiger charge is -2.13. The lowest BCUT2D eigenvalue weighted by molar-refractivity contribution is 0.0943. The minimum Gasteiger partial charge on any atom is -0.496 e. The van der Waals surface area contributed by atoms with E-state index in [1.165, 1.54) is 14.2 Å². The number of benzene rings is 2. The molecular formula is C17H16BrN5O3. The van der Waals surface area contributed by atoms with E-state index in [4.69, 9.17) is 9.47 Å². The monoisotopic (exact) mass is 417 g/mol. The Labute approximate surface area is 158 Å². The largest absolute Gasteiger partial charge is 0.496 e. The van der Waals surface area contributed by atoms with Gasteiger partial charge in [-0.1, -0.05) is 28.1 Å². The second-order valence-electron chi connectivity index (χ2n) is 5.21. The summed E-state index contributed by atoms with van der Waals surface area (Å²) < 4.78 is 13.0. The number of aromatic nitrogens is 4. The predicted molar refractivity (Wildman–Crippen MR) is 97.6 cm³/mol. The maximum absolute atomic E-state index is 12.6. The summed E-state index contributed by atoms with van der Waals surface area (Å²) in [6, 6.07) is 12.7. The number of halogens is 1. The molecule has 2 aromatic carbocycles. The molecule has 1 N–H and O–H groups in total. The molecule has 1 aromatic heterocycles. The summed E-state index contributed by atoms with van der Waals surface area (Å²) in [5, 5.41) is 14.5. The Morgan fingerprint density at radius 1 is 1.15 bits per heavy atom. The van der Waals surface area contributed by atoms with Crippen molar-refractivity contribution in [2.45, 2.75) is 6.54 Å². The molecule has 0 radical (unpaired) electrons. The van der Waals surface area contributed by atoms with Crippen molar-refractivity contribution in [3.63, 3.8) is 0 Å². The fraction of sp³-hybridized carbons (Fsp3) is 0.176. The van der Waals surface area contributed by atoms with Crippen LogP contribution >= 0.6 is 15.9 Å². The molecule has 9 heteroatoms. The summed E-state index contributed by atoms with van der Waals surface area (Å²) >= 11 is 3.42. The maximum atomic E-state index is 12.6. The van der Waals surface area contributed by atoms with Crippen LogP contribution in [0, 0.1) is 0 Å². The van der Waals surface area contributed by atoms with Gasteiger partial charge in [-0.05, 0) is 40.8 Å². The highest BCUT2D eigenvalue weighted by Crippen LogP contribution is 2.28. The van der Waals surface area contributed by atoms with Crippen LogP contribution in [0.2, 0.25) is 0 Å². The van der Waals surface area contributed by atoms with Crippen molar-refractivity contribution in [1.82, 2.24) is 25.5 Å². The Balaban J connectivity index is 1.81. The fourth-order valence-corrected chi connectivity index (χ4v) is 2.83. The molecule has 8 nitrogen and oxygen atoms in total. The molecule has 0 saturated heterocycles. The Morgan fingerprint density at radius 3 is 2.50 bits per heavy atom. The van der Waals surface area contributed by atoms with Gasteiger partial charge in [-0.25, -0.2) is 0 Å². The molecular weight excluding hydrogens is 402 g/mol. The van der Waals surface area contributed by atoms with Gasteiger partial charge in [-0.3, -0.25) is 4.79 Å². The summed E-state index contributed by atoms with van der Waals surface area (Å²) in [5.41, 5.74) is 1.10. The second kappa shape index (κ2) is 7.96. The normalized spacial score (nSPS) is 10.4. The molecule has 0 aliphatic carbocycles. The molecule has 0 saturated carbocycles. The van der Waals surface area contributed by atoms with E-state index in [-0.39, 0.29) is 12.5 Å². The molecule has 3 rings (SSSR count). The summed E-state index contributed by atoms with van der Waals surface area (Å²) in [6.07, 6.45) is 0. The lowest BCUT2D eigenvalue weighted by atomic mass is 10.1. The highest BCUT2D eigenvalue weighted by atomic mass is 79.9. The number of hydrogen-bond acceptors (Lipinski definition) is 6. The molecule has 26 heavy (non-hydrogen) atoms. The van der Waals surface area contributed by atoms with Crippen molar-refractivity contribution in [3.05, 3.63) is 58.3 Å². The van der Waals surface area contributed by atoms with Crippen molar-refractivity contribution >= 4 is 21.8 Å². The number of carbonyl (C=O) groups excluding carboxylic acids is 1. The SMILES string of the molecule is COc1cccc(OC)c1C(=O)NCc1nnnn1-c1cccc(Br)c1. The summed E-state index contributed by atoms with van der Waals surface area (Å²) in [7, 11) is 3.00. The highest BCUT2D eigenvalue weighted by Gasteiger charge is 2.19. The van der Waals surface area contributed by atoms with Gasteiger partial charge in [0.15, 0.2) is 5.82 Å². The first-order chi connectivity index (χ1) is 12.6. The number of carbonyl (C=O) groups is 1. The predicted octanol–water partition coefficient (Wildman–Crippen LogP) is 2.37. The number of tetrazole rings is 1. The van der Waals surface area contributed by atoms with Crippen LogP contribution in [-0.4, -0.2) is 40.3 Å². The third-order valence-corrected chi connectivity index (χ3v) is 4.14. The number of methoxy groups -OCH3 is 2. The van der Waals surface area contributed by atoms with Gasteiger partial charge in [0.1, 0.15) is 17.1 Å². The Morgan fingerprint density at radius 2 is 1.85 bits per heavy atom. The summed E-state index contributed by atoms with van der Waals surface area (Å²) in [5.74, 6) is 0.996. The van der Waals surface area contributed by atoms with E-state index < -0.39 is 0 Å². The fourth-order valence-electron chi connectivity index (χ4n) is 2.45. The highest BCUT2D eigenvalue weighted by molar-refractivity contribution is 9.10. The molecule has 0 aliphatic heterocycles. The van der Waals surface area contributed by atoms with Crippen LogP contribution in [0.15, 0.2) is 46.9 Å². The average Bonchev–Trinajstić information content (AvgIpc) is 3.14. The molecule has 0 spiro atoms. The first kappa shape index (κ1) is 17.9. The van der Waals surface area contributed by atoms with Gasteiger partial charge >= 0.3 is 0 Å². The van der Waals surface area contributed by atoms with E-state index in [9.17, 15) is 4.79 Å². The number of nitrogens with one attached hydrogen (secondary N) is 1.